The Kier molecular flexibility index (Phi) is 6.96. The Morgan fingerprint density at radius 3 is 2.43 bits per heavy atom. The van der Waals surface area contributed by atoms with Gasteiger partial charge in [0.2, 0.25) is 0 Å². The molecular weight excluding hydrogens is 301 g/mol. The van der Waals surface area contributed by atoms with Crippen molar-refractivity contribution in [1.29, 1.82) is 0 Å². The van der Waals surface area contributed by atoms with Gasteiger partial charge in [-0.15, -0.1) is 0 Å². The van der Waals surface area contributed by atoms with Crippen LogP contribution >= 0.6 is 0 Å². The first-order chi connectivity index (χ1) is 3.27. The summed E-state index contributed by atoms with van der Waals surface area (Å²) in [7, 11) is 0. The fourth-order valence-electron chi connectivity index (χ4n) is 0.215. The summed E-state index contributed by atoms with van der Waals surface area (Å²) in [6.45, 7) is 4.50. The molecule has 7 heavy (non-hydrogen) atoms. The van der Waals surface area contributed by atoms with Crippen LogP contribution in [0.5, 0.6) is 0 Å². The summed E-state index contributed by atoms with van der Waals surface area (Å²) >= 11 is 0.726. The first kappa shape index (κ1) is 8.56. The molecule has 0 aliphatic carbocycles. The van der Waals surface area contributed by atoms with Crippen LogP contribution in [0.4, 0.5) is 0 Å². The van der Waals surface area contributed by atoms with E-state index in [1.54, 1.807) is 0 Å². The van der Waals surface area contributed by atoms with E-state index in [1.165, 1.54) is 4.44 Å². The molecule has 0 aliphatic rings. The Balaban J connectivity index is 2.68. The van der Waals surface area contributed by atoms with Crippen molar-refractivity contribution in [1.82, 2.24) is 0 Å². The Hall–Kier alpha value is 1.56. The van der Waals surface area contributed by atoms with Crippen LogP contribution in [0, 0.1) is 5.92 Å². The summed E-state index contributed by atoms with van der Waals surface area (Å²) in [6, 6.07) is 0. The molecule has 0 bridgehead atoms. The van der Waals surface area contributed by atoms with Gasteiger partial charge in [0.1, 0.15) is 0 Å². The van der Waals surface area contributed by atoms with E-state index in [9.17, 15) is 0 Å². The van der Waals surface area contributed by atoms with E-state index in [-0.39, 0.29) is 21.6 Å². The summed E-state index contributed by atoms with van der Waals surface area (Å²) in [4.78, 5) is 0. The molecule has 0 unspecified atom stereocenters. The van der Waals surface area contributed by atoms with Crippen LogP contribution in [0.2, 0.25) is 4.44 Å². The number of hydrogen-bond acceptors (Lipinski definition) is 1. The van der Waals surface area contributed by atoms with Crippen molar-refractivity contribution in [3.05, 3.63) is 0 Å². The normalized spacial score (nSPS) is 10.3. The summed E-state index contributed by atoms with van der Waals surface area (Å²) in [5.41, 5.74) is 0. The molecule has 0 aromatic rings. The molecule has 0 N–H and O–H groups in total. The molecule has 0 spiro atoms. The Bertz CT molecular complexity index is 38.7. The minimum atomic E-state index is -0.298. The Labute approximate surface area is 69.6 Å². The van der Waals surface area contributed by atoms with Gasteiger partial charge in [-0.05, 0) is 0 Å². The molecule has 3 heteroatoms. The van der Waals surface area contributed by atoms with Gasteiger partial charge in [0.15, 0.2) is 0 Å². The quantitative estimate of drug-likeness (QED) is 0.690. The third-order valence-corrected chi connectivity index (χ3v) is 7.05. The van der Waals surface area contributed by atoms with Gasteiger partial charge >= 0.3 is 70.1 Å². The zero-order chi connectivity index (χ0) is 5.70. The molecule has 0 saturated heterocycles. The van der Waals surface area contributed by atoms with Crippen molar-refractivity contribution in [3.8, 4) is 0 Å². The van der Waals surface area contributed by atoms with Crippen LogP contribution in [-0.4, -0.2) is 44.5 Å². The zero-order valence-electron chi connectivity index (χ0n) is 4.77. The van der Waals surface area contributed by atoms with Gasteiger partial charge in [-0.3, -0.25) is 0 Å². The summed E-state index contributed by atoms with van der Waals surface area (Å²) in [6.07, 6.45) is 0. The van der Waals surface area contributed by atoms with Crippen LogP contribution in [-0.2, 0) is 1.41 Å². The zero-order valence-corrected chi connectivity index (χ0v) is 10.9. The van der Waals surface area contributed by atoms with Crippen molar-refractivity contribution in [2.75, 3.05) is 0 Å². The van der Waals surface area contributed by atoms with Crippen LogP contribution in [0.15, 0.2) is 0 Å². The van der Waals surface area contributed by atoms with Crippen LogP contribution < -0.4 is 0 Å². The van der Waals surface area contributed by atoms with E-state index in [2.05, 4.69) is 13.8 Å². The first-order valence-corrected chi connectivity index (χ1v) is 6.89. The van der Waals surface area contributed by atoms with E-state index >= 15 is 0 Å². The van der Waals surface area contributed by atoms with E-state index in [4.69, 9.17) is 1.41 Å². The molecule has 1 nitrogen and oxygen atoms in total. The van der Waals surface area contributed by atoms with Crippen molar-refractivity contribution in [2.24, 2.45) is 5.92 Å². The van der Waals surface area contributed by atoms with Crippen molar-refractivity contribution in [3.63, 3.8) is 0 Å². The van der Waals surface area contributed by atoms with E-state index in [0.717, 1.165) is 28.9 Å². The number of hydrogen-bond donors (Lipinski definition) is 0. The van der Waals surface area contributed by atoms with Gasteiger partial charge in [-0.25, -0.2) is 0 Å². The molecule has 0 fully saturated rings. The molecule has 4 radical (unpaired) electrons. The van der Waals surface area contributed by atoms with Crippen molar-refractivity contribution in [2.45, 2.75) is 18.3 Å². The van der Waals surface area contributed by atoms with Gasteiger partial charge in [0.25, 0.3) is 0 Å². The van der Waals surface area contributed by atoms with Crippen LogP contribution in [0.3, 0.4) is 0 Å². The van der Waals surface area contributed by atoms with E-state index < -0.39 is 0 Å². The number of rotatable bonds is 3. The van der Waals surface area contributed by atoms with E-state index in [0.29, 0.717) is 0 Å². The van der Waals surface area contributed by atoms with Crippen molar-refractivity contribution >= 4 is 44.5 Å². The average Bonchev–Trinajstić information content (AvgIpc) is 1.61. The second kappa shape index (κ2) is 5.69. The molecule has 40 valence electrons. The molecule has 0 heterocycles. The third-order valence-electron chi connectivity index (χ3n) is 0.575. The third kappa shape index (κ3) is 7.56. The topological polar surface area (TPSA) is 9.23 Å². The predicted octanol–water partition coefficient (Wildman–Crippen LogP) is 0.512. The summed E-state index contributed by atoms with van der Waals surface area (Å²) in [5, 5.41) is 0. The summed E-state index contributed by atoms with van der Waals surface area (Å²) < 4.78 is 6.53. The van der Waals surface area contributed by atoms with Gasteiger partial charge in [0, 0.05) is 0 Å². The molecule has 0 aromatic carbocycles. The van der Waals surface area contributed by atoms with Gasteiger partial charge in [-0.1, -0.05) is 0 Å². The average molecular weight is 312 g/mol. The molecule has 0 atom stereocenters. The predicted molar refractivity (Wildman–Crippen MR) is 33.6 cm³/mol. The maximum absolute atomic E-state index is 5.15. The molecule has 0 aromatic heterocycles. The minimum absolute atomic E-state index is 0.298. The molecular formula is C4H10OSn2. The fraction of sp³-hybridized carbons (Fsp3) is 1.00. The second-order valence-corrected chi connectivity index (χ2v) is 9.03. The fourth-order valence-corrected chi connectivity index (χ4v) is 3.28. The molecule has 0 amide bonds. The van der Waals surface area contributed by atoms with Gasteiger partial charge in [0.05, 0.1) is 0 Å². The van der Waals surface area contributed by atoms with Crippen molar-refractivity contribution < 1.29 is 1.41 Å². The monoisotopic (exact) mass is 314 g/mol. The van der Waals surface area contributed by atoms with Crippen LogP contribution in [0.25, 0.3) is 0 Å². The standard InChI is InChI=1S/C4H9.O.2Sn.H/c1-4(2)3;;;;/h4H,1H2,2-3H3;;;;. The SMILES string of the molecule is CC(C)[CH2][Sn][O][SnH]. The first-order valence-electron chi connectivity index (χ1n) is 2.36. The summed E-state index contributed by atoms with van der Waals surface area (Å²) in [5.74, 6) is 0.874. The Morgan fingerprint density at radius 2 is 2.29 bits per heavy atom. The molecule has 0 saturated carbocycles. The van der Waals surface area contributed by atoms with E-state index in [1.807, 2.05) is 0 Å². The molecule has 0 aliphatic heterocycles. The maximum atomic E-state index is 5.15. The second-order valence-electron chi connectivity index (χ2n) is 1.86. The van der Waals surface area contributed by atoms with Crippen LogP contribution in [0.1, 0.15) is 13.8 Å². The Morgan fingerprint density at radius 1 is 1.71 bits per heavy atom. The van der Waals surface area contributed by atoms with Gasteiger partial charge in [-0.2, -0.15) is 0 Å². The molecule has 0 rings (SSSR count). The van der Waals surface area contributed by atoms with Gasteiger partial charge < -0.3 is 0 Å².